The van der Waals surface area contributed by atoms with Crippen LogP contribution in [0.4, 0.5) is 10.2 Å². The quantitative estimate of drug-likeness (QED) is 0.552. The monoisotopic (exact) mass is 495 g/mol. The van der Waals surface area contributed by atoms with E-state index in [9.17, 15) is 0 Å². The van der Waals surface area contributed by atoms with E-state index < -0.39 is 0 Å². The number of piperazine rings is 1. The Morgan fingerprint density at radius 1 is 1.09 bits per heavy atom. The number of rotatable bonds is 4. The molecule has 4 aliphatic heterocycles. The number of nitrogens with zero attached hydrogens (tertiary/aromatic N) is 7. The third-order valence-electron chi connectivity index (χ3n) is 9.29. The molecule has 186 valence electrons. The first-order valence-electron chi connectivity index (χ1n) is 13.2. The maximum Gasteiger partial charge on any atom is 0.154 e. The van der Waals surface area contributed by atoms with Gasteiger partial charge in [-0.15, -0.1) is 0 Å². The zero-order chi connectivity index (χ0) is 23.9. The summed E-state index contributed by atoms with van der Waals surface area (Å²) in [6.07, 6.45) is 11.2. The number of benzene rings is 1. The summed E-state index contributed by atoms with van der Waals surface area (Å²) in [5.74, 6) is 1.41. The van der Waals surface area contributed by atoms with Crippen molar-refractivity contribution in [3.63, 3.8) is 0 Å². The van der Waals surface area contributed by atoms with Crippen LogP contribution in [0.3, 0.4) is 0 Å². The smallest absolute Gasteiger partial charge is 0.154 e. The fourth-order valence-corrected chi connectivity index (χ4v) is 7.88. The van der Waals surface area contributed by atoms with E-state index >= 15 is 4.39 Å². The molecule has 35 heavy (non-hydrogen) atoms. The number of hydrogen-bond acceptors (Lipinski definition) is 7. The van der Waals surface area contributed by atoms with Crippen LogP contribution in [0, 0.1) is 12.7 Å². The van der Waals surface area contributed by atoms with Crippen molar-refractivity contribution in [3.8, 4) is 0 Å². The molecule has 0 aliphatic carbocycles. The lowest BCUT2D eigenvalue weighted by Gasteiger charge is -2.39. The summed E-state index contributed by atoms with van der Waals surface area (Å²) in [5, 5.41) is 6.35. The Balaban J connectivity index is 1.36. The molecular formula is C26H34FN7S. The predicted octanol–water partition coefficient (Wildman–Crippen LogP) is 4.02. The zero-order valence-electron chi connectivity index (χ0n) is 20.7. The molecule has 1 aromatic carbocycles. The summed E-state index contributed by atoms with van der Waals surface area (Å²) in [6, 6.07) is 0.796. The summed E-state index contributed by atoms with van der Waals surface area (Å²) >= 11 is 4.77. The number of aryl methyl sites for hydroxylation is 3. The van der Waals surface area contributed by atoms with Gasteiger partial charge in [0.15, 0.2) is 5.82 Å². The molecule has 7 rings (SSSR count). The third kappa shape index (κ3) is 3.34. The van der Waals surface area contributed by atoms with Gasteiger partial charge in [-0.05, 0) is 65.0 Å². The first kappa shape index (κ1) is 22.2. The normalized spacial score (nSPS) is 26.5. The molecule has 6 heterocycles. The molecule has 4 aliphatic rings. The van der Waals surface area contributed by atoms with Gasteiger partial charge >= 0.3 is 0 Å². The maximum atomic E-state index is 15.9. The number of fused-ring (bicyclic) bond motifs is 6. The van der Waals surface area contributed by atoms with Gasteiger partial charge in [-0.3, -0.25) is 9.58 Å². The molecule has 4 fully saturated rings. The lowest BCUT2D eigenvalue weighted by molar-refractivity contribution is 0.181. The minimum Gasteiger partial charge on any atom is -0.353 e. The van der Waals surface area contributed by atoms with Crippen LogP contribution >= 0.6 is 12.8 Å². The van der Waals surface area contributed by atoms with Crippen LogP contribution in [0.1, 0.15) is 56.3 Å². The predicted molar refractivity (Wildman–Crippen MR) is 139 cm³/mol. The molecule has 9 heteroatoms. The summed E-state index contributed by atoms with van der Waals surface area (Å²) < 4.78 is 19.9. The summed E-state index contributed by atoms with van der Waals surface area (Å²) in [5.41, 5.74) is 2.03. The van der Waals surface area contributed by atoms with Crippen LogP contribution in [-0.4, -0.2) is 72.8 Å². The summed E-state index contributed by atoms with van der Waals surface area (Å²) in [7, 11) is 1.90. The van der Waals surface area contributed by atoms with Crippen molar-refractivity contribution in [2.24, 2.45) is 7.05 Å². The van der Waals surface area contributed by atoms with Crippen molar-refractivity contribution in [2.75, 3.05) is 31.1 Å². The molecule has 2 aromatic heterocycles. The van der Waals surface area contributed by atoms with E-state index in [1.807, 2.05) is 20.2 Å². The van der Waals surface area contributed by atoms with Crippen molar-refractivity contribution in [1.29, 1.82) is 0 Å². The molecule has 0 saturated carbocycles. The van der Waals surface area contributed by atoms with Crippen molar-refractivity contribution < 1.29 is 4.39 Å². The molecule has 2 atom stereocenters. The van der Waals surface area contributed by atoms with Crippen molar-refractivity contribution in [3.05, 3.63) is 23.4 Å². The van der Waals surface area contributed by atoms with Crippen LogP contribution in [0.5, 0.6) is 0 Å². The van der Waals surface area contributed by atoms with Gasteiger partial charge in [0.25, 0.3) is 0 Å². The van der Waals surface area contributed by atoms with Gasteiger partial charge in [-0.2, -0.15) is 5.10 Å². The lowest BCUT2D eigenvalue weighted by Crippen LogP contribution is -2.50. The SMILES string of the molecule is Cc1c(F)c2nc(CCC34CCCN3CCC4)nc(N3CC4CCC(C3)N4S)c2c2cn(C)nc12. The van der Waals surface area contributed by atoms with E-state index in [1.165, 1.54) is 38.8 Å². The van der Waals surface area contributed by atoms with Crippen molar-refractivity contribution in [1.82, 2.24) is 29.0 Å². The van der Waals surface area contributed by atoms with Gasteiger partial charge in [-0.1, -0.05) is 12.8 Å². The highest BCUT2D eigenvalue weighted by Gasteiger charge is 2.44. The summed E-state index contributed by atoms with van der Waals surface area (Å²) in [6.45, 7) is 5.97. The molecule has 2 bridgehead atoms. The Hall–Kier alpha value is -1.97. The standard InChI is InChI=1S/C26H34FN7S/c1-16-22(27)24-21(19-15-31(2)30-23(16)19)25(32-13-17-5-6-18(14-32)34(17)35)29-20(28-24)7-10-26-8-3-11-33(26)12-4-9-26/h15,17-18,35H,3-14H2,1-2H3. The molecule has 4 saturated heterocycles. The highest BCUT2D eigenvalue weighted by molar-refractivity contribution is 7.77. The number of halogens is 1. The Kier molecular flexibility index (Phi) is 5.09. The Morgan fingerprint density at radius 2 is 1.80 bits per heavy atom. The largest absolute Gasteiger partial charge is 0.353 e. The molecule has 0 radical (unpaired) electrons. The number of aromatic nitrogens is 4. The number of anilines is 1. The van der Waals surface area contributed by atoms with Crippen LogP contribution in [0.25, 0.3) is 21.8 Å². The van der Waals surface area contributed by atoms with Crippen molar-refractivity contribution in [2.45, 2.75) is 75.9 Å². The molecular weight excluding hydrogens is 461 g/mol. The zero-order valence-corrected chi connectivity index (χ0v) is 21.6. The number of hydrogen-bond donors (Lipinski definition) is 1. The minimum absolute atomic E-state index is 0.256. The van der Waals surface area contributed by atoms with E-state index in [2.05, 4.69) is 19.2 Å². The van der Waals surface area contributed by atoms with Gasteiger partial charge in [0.1, 0.15) is 17.2 Å². The first-order chi connectivity index (χ1) is 16.9. The van der Waals surface area contributed by atoms with E-state index in [4.69, 9.17) is 22.8 Å². The Labute approximate surface area is 211 Å². The van der Waals surface area contributed by atoms with Gasteiger partial charge in [0, 0.05) is 61.3 Å². The Bertz CT molecular complexity index is 1300. The van der Waals surface area contributed by atoms with Gasteiger partial charge in [0.05, 0.1) is 10.9 Å². The second-order valence-electron chi connectivity index (χ2n) is 11.3. The second kappa shape index (κ2) is 8.02. The molecule has 7 nitrogen and oxygen atoms in total. The van der Waals surface area contributed by atoms with Crippen molar-refractivity contribution >= 4 is 40.4 Å². The molecule has 2 unspecified atom stereocenters. The molecule has 0 N–H and O–H groups in total. The van der Waals surface area contributed by atoms with Crippen LogP contribution < -0.4 is 4.90 Å². The molecule has 0 spiro atoms. The molecule has 3 aromatic rings. The highest BCUT2D eigenvalue weighted by Crippen LogP contribution is 2.43. The lowest BCUT2D eigenvalue weighted by atomic mass is 9.88. The minimum atomic E-state index is -0.256. The summed E-state index contributed by atoms with van der Waals surface area (Å²) in [4.78, 5) is 15.2. The second-order valence-corrected chi connectivity index (χ2v) is 11.7. The van der Waals surface area contributed by atoms with E-state index in [0.717, 1.165) is 61.2 Å². The fraction of sp³-hybridized carbons (Fsp3) is 0.654. The van der Waals surface area contributed by atoms with Gasteiger partial charge in [-0.25, -0.2) is 18.7 Å². The number of thiol groups is 1. The van der Waals surface area contributed by atoms with Gasteiger partial charge in [0.2, 0.25) is 0 Å². The molecule has 0 amide bonds. The first-order valence-corrected chi connectivity index (χ1v) is 13.6. The van der Waals surface area contributed by atoms with E-state index in [0.29, 0.717) is 34.2 Å². The average Bonchev–Trinajstić information content (AvgIpc) is 3.57. The topological polar surface area (TPSA) is 53.3 Å². The average molecular weight is 496 g/mol. The highest BCUT2D eigenvalue weighted by atomic mass is 32.1. The van der Waals surface area contributed by atoms with Crippen LogP contribution in [-0.2, 0) is 13.5 Å². The van der Waals surface area contributed by atoms with E-state index in [1.54, 1.807) is 4.68 Å². The van der Waals surface area contributed by atoms with E-state index in [-0.39, 0.29) is 5.82 Å². The third-order valence-corrected chi connectivity index (χ3v) is 9.95. The van der Waals surface area contributed by atoms with Crippen LogP contribution in [0.15, 0.2) is 6.20 Å². The fourth-order valence-electron chi connectivity index (χ4n) is 7.50. The van der Waals surface area contributed by atoms with Gasteiger partial charge < -0.3 is 4.90 Å². The Morgan fingerprint density at radius 3 is 2.51 bits per heavy atom. The maximum absolute atomic E-state index is 15.9. The van der Waals surface area contributed by atoms with Crippen LogP contribution in [0.2, 0.25) is 0 Å².